The second-order valence-corrected chi connectivity index (χ2v) is 6.20. The Kier molecular flexibility index (Phi) is 6.83. The number of aromatic nitrogens is 2. The van der Waals surface area contributed by atoms with E-state index in [9.17, 15) is 0 Å². The van der Waals surface area contributed by atoms with E-state index in [4.69, 9.17) is 5.73 Å². The molecule has 0 amide bonds. The Labute approximate surface area is 135 Å². The van der Waals surface area contributed by atoms with Gasteiger partial charge in [0.15, 0.2) is 5.96 Å². The van der Waals surface area contributed by atoms with Gasteiger partial charge in [-0.2, -0.15) is 0 Å². The van der Waals surface area contributed by atoms with E-state index in [2.05, 4.69) is 51.5 Å². The van der Waals surface area contributed by atoms with Crippen LogP contribution in [-0.2, 0) is 6.42 Å². The smallest absolute Gasteiger partial charge is 0.188 e. The van der Waals surface area contributed by atoms with E-state index in [1.807, 2.05) is 18.0 Å². The van der Waals surface area contributed by atoms with E-state index < -0.39 is 0 Å². The minimum absolute atomic E-state index is 0.522. The zero-order valence-corrected chi connectivity index (χ0v) is 13.7. The molecule has 0 radical (unpaired) electrons. The maximum Gasteiger partial charge on any atom is 0.188 e. The number of aromatic amines is 1. The summed E-state index contributed by atoms with van der Waals surface area (Å²) >= 11 is 1.81. The summed E-state index contributed by atoms with van der Waals surface area (Å²) in [5.41, 5.74) is 8.26. The molecule has 1 heterocycles. The molecule has 0 atom stereocenters. The predicted octanol–water partition coefficient (Wildman–Crippen LogP) is 2.35. The highest BCUT2D eigenvalue weighted by atomic mass is 32.2. The zero-order chi connectivity index (χ0) is 15.6. The molecule has 0 fully saturated rings. The Bertz CT molecular complexity index is 563. The Hall–Kier alpha value is -1.95. The third kappa shape index (κ3) is 6.22. The Morgan fingerprint density at radius 3 is 2.91 bits per heavy atom. The van der Waals surface area contributed by atoms with Crippen LogP contribution in [0.4, 0.5) is 0 Å². The molecular weight excluding hydrogens is 294 g/mol. The molecule has 1 aromatic carbocycles. The molecule has 6 heteroatoms. The first-order valence-electron chi connectivity index (χ1n) is 7.44. The normalized spacial score (nSPS) is 11.6. The predicted molar refractivity (Wildman–Crippen MR) is 93.3 cm³/mol. The van der Waals surface area contributed by atoms with Crippen LogP contribution in [0.15, 0.2) is 46.7 Å². The van der Waals surface area contributed by atoms with Crippen molar-refractivity contribution in [3.05, 3.63) is 48.0 Å². The van der Waals surface area contributed by atoms with Crippen molar-refractivity contribution in [1.82, 2.24) is 15.3 Å². The Morgan fingerprint density at radius 1 is 1.36 bits per heavy atom. The minimum atomic E-state index is 0.522. The molecule has 0 unspecified atom stereocenters. The quantitative estimate of drug-likeness (QED) is 0.302. The number of nitrogens with one attached hydrogen (secondary N) is 2. The molecule has 0 saturated heterocycles. The summed E-state index contributed by atoms with van der Waals surface area (Å²) in [6, 6.07) is 8.55. The van der Waals surface area contributed by atoms with E-state index in [-0.39, 0.29) is 0 Å². The molecule has 0 spiro atoms. The number of H-pyrrole nitrogens is 1. The number of hydrogen-bond acceptors (Lipinski definition) is 3. The van der Waals surface area contributed by atoms with Crippen LogP contribution in [0, 0.1) is 6.92 Å². The van der Waals surface area contributed by atoms with Crippen LogP contribution < -0.4 is 11.1 Å². The van der Waals surface area contributed by atoms with Crippen molar-refractivity contribution in [3.8, 4) is 0 Å². The maximum absolute atomic E-state index is 5.84. The van der Waals surface area contributed by atoms with Gasteiger partial charge in [-0.05, 0) is 31.9 Å². The standard InChI is InChI=1S/C16H23N5S/c1-13-4-6-15(7-5-13)22-10-9-20-16(17)19-8-2-3-14-11-18-12-21-14/h4-7,11-12H,2-3,8-10H2,1H3,(H,18,21)(H3,17,19,20). The number of guanidine groups is 1. The lowest BCUT2D eigenvalue weighted by molar-refractivity contribution is 0.806. The molecule has 4 N–H and O–H groups in total. The Morgan fingerprint density at radius 2 is 2.18 bits per heavy atom. The van der Waals surface area contributed by atoms with Gasteiger partial charge in [-0.3, -0.25) is 4.99 Å². The number of benzene rings is 1. The summed E-state index contributed by atoms with van der Waals surface area (Å²) < 4.78 is 0. The van der Waals surface area contributed by atoms with Crippen LogP contribution in [0.2, 0.25) is 0 Å². The van der Waals surface area contributed by atoms with Crippen LogP contribution >= 0.6 is 11.8 Å². The topological polar surface area (TPSA) is 79.1 Å². The van der Waals surface area contributed by atoms with E-state index in [0.717, 1.165) is 37.4 Å². The van der Waals surface area contributed by atoms with Crippen molar-refractivity contribution in [2.24, 2.45) is 10.7 Å². The summed E-state index contributed by atoms with van der Waals surface area (Å²) in [5, 5.41) is 3.14. The van der Waals surface area contributed by atoms with Gasteiger partial charge in [-0.15, -0.1) is 11.8 Å². The number of rotatable bonds is 8. The van der Waals surface area contributed by atoms with Crippen LogP contribution in [0.5, 0.6) is 0 Å². The number of nitrogens with zero attached hydrogens (tertiary/aromatic N) is 2. The molecule has 5 nitrogen and oxygen atoms in total. The molecule has 1 aromatic heterocycles. The monoisotopic (exact) mass is 317 g/mol. The average Bonchev–Trinajstić information content (AvgIpc) is 3.03. The fourth-order valence-corrected chi connectivity index (χ4v) is 2.70. The number of hydrogen-bond donors (Lipinski definition) is 3. The highest BCUT2D eigenvalue weighted by Gasteiger charge is 1.96. The molecule has 0 aliphatic carbocycles. The van der Waals surface area contributed by atoms with Gasteiger partial charge in [0.05, 0.1) is 6.33 Å². The highest BCUT2D eigenvalue weighted by molar-refractivity contribution is 7.99. The minimum Gasteiger partial charge on any atom is -0.370 e. The number of aryl methyl sites for hydroxylation is 2. The van der Waals surface area contributed by atoms with Crippen LogP contribution in [0.3, 0.4) is 0 Å². The lowest BCUT2D eigenvalue weighted by Crippen LogP contribution is -2.33. The molecule has 118 valence electrons. The molecule has 0 aliphatic rings. The van der Waals surface area contributed by atoms with Crippen molar-refractivity contribution in [1.29, 1.82) is 0 Å². The lowest BCUT2D eigenvalue weighted by atomic mass is 10.2. The molecular formula is C16H23N5S. The van der Waals surface area contributed by atoms with Gasteiger partial charge in [0.1, 0.15) is 0 Å². The van der Waals surface area contributed by atoms with Crippen molar-refractivity contribution in [2.75, 3.05) is 18.8 Å². The van der Waals surface area contributed by atoms with Gasteiger partial charge >= 0.3 is 0 Å². The third-order valence-electron chi connectivity index (χ3n) is 3.14. The molecule has 2 rings (SSSR count). The van der Waals surface area contributed by atoms with Gasteiger partial charge in [-0.25, -0.2) is 4.98 Å². The first kappa shape index (κ1) is 16.4. The molecule has 0 bridgehead atoms. The zero-order valence-electron chi connectivity index (χ0n) is 12.9. The fourth-order valence-electron chi connectivity index (χ4n) is 1.93. The van der Waals surface area contributed by atoms with Crippen LogP contribution in [-0.4, -0.2) is 34.8 Å². The second kappa shape index (κ2) is 9.15. The number of thioether (sulfide) groups is 1. The van der Waals surface area contributed by atoms with Crippen molar-refractivity contribution < 1.29 is 0 Å². The van der Waals surface area contributed by atoms with Gasteiger partial charge in [0, 0.05) is 35.6 Å². The van der Waals surface area contributed by atoms with Crippen molar-refractivity contribution in [3.63, 3.8) is 0 Å². The van der Waals surface area contributed by atoms with E-state index in [1.165, 1.54) is 10.5 Å². The summed E-state index contributed by atoms with van der Waals surface area (Å²) in [6.45, 7) is 3.64. The van der Waals surface area contributed by atoms with E-state index in [0.29, 0.717) is 5.96 Å². The van der Waals surface area contributed by atoms with Gasteiger partial charge in [0.2, 0.25) is 0 Å². The number of aliphatic imine (C=N–C) groups is 1. The molecule has 0 saturated carbocycles. The first-order valence-corrected chi connectivity index (χ1v) is 8.43. The van der Waals surface area contributed by atoms with Crippen LogP contribution in [0.25, 0.3) is 0 Å². The number of nitrogens with two attached hydrogens (primary N) is 1. The molecule has 2 aromatic rings. The summed E-state index contributed by atoms with van der Waals surface area (Å²) in [6.07, 6.45) is 5.44. The average molecular weight is 317 g/mol. The third-order valence-corrected chi connectivity index (χ3v) is 4.15. The fraction of sp³-hybridized carbons (Fsp3) is 0.375. The summed E-state index contributed by atoms with van der Waals surface area (Å²) in [5.74, 6) is 1.49. The van der Waals surface area contributed by atoms with E-state index in [1.54, 1.807) is 6.33 Å². The van der Waals surface area contributed by atoms with Crippen molar-refractivity contribution in [2.45, 2.75) is 24.7 Å². The Balaban J connectivity index is 1.55. The van der Waals surface area contributed by atoms with Crippen LogP contribution in [0.1, 0.15) is 17.7 Å². The molecule has 22 heavy (non-hydrogen) atoms. The maximum atomic E-state index is 5.84. The summed E-state index contributed by atoms with van der Waals surface area (Å²) in [4.78, 5) is 12.7. The largest absolute Gasteiger partial charge is 0.370 e. The second-order valence-electron chi connectivity index (χ2n) is 5.04. The van der Waals surface area contributed by atoms with Gasteiger partial charge in [-0.1, -0.05) is 17.7 Å². The highest BCUT2D eigenvalue weighted by Crippen LogP contribution is 2.17. The molecule has 0 aliphatic heterocycles. The number of imidazole rings is 1. The van der Waals surface area contributed by atoms with Gasteiger partial charge < -0.3 is 16.0 Å². The first-order chi connectivity index (χ1) is 10.7. The van der Waals surface area contributed by atoms with Crippen molar-refractivity contribution >= 4 is 17.7 Å². The van der Waals surface area contributed by atoms with Gasteiger partial charge in [0.25, 0.3) is 0 Å². The lowest BCUT2D eigenvalue weighted by Gasteiger charge is -2.06. The van der Waals surface area contributed by atoms with E-state index >= 15 is 0 Å². The summed E-state index contributed by atoms with van der Waals surface area (Å²) in [7, 11) is 0. The SMILES string of the molecule is Cc1ccc(SCCNC(N)=NCCCc2cnc[nH]2)cc1.